The number of carbonyl (C=O) groups is 2. The van der Waals surface area contributed by atoms with Crippen LogP contribution < -0.4 is 0 Å². The van der Waals surface area contributed by atoms with Gasteiger partial charge in [-0.25, -0.2) is 0 Å². The number of carbonyl (C=O) groups excluding carboxylic acids is 1. The fraction of sp³-hybridized carbons (Fsp3) is 0.385. The second kappa shape index (κ2) is 5.40. The van der Waals surface area contributed by atoms with Crippen LogP contribution in [0.3, 0.4) is 0 Å². The molecule has 0 saturated carbocycles. The topological polar surface area (TPSA) is 57.6 Å². The van der Waals surface area contributed by atoms with Gasteiger partial charge in [0.2, 0.25) is 5.91 Å². The van der Waals surface area contributed by atoms with E-state index in [4.69, 9.17) is 16.7 Å². The lowest BCUT2D eigenvalue weighted by Gasteiger charge is -2.15. The molecule has 2 rings (SSSR count). The van der Waals surface area contributed by atoms with Crippen molar-refractivity contribution in [2.24, 2.45) is 5.92 Å². The highest BCUT2D eigenvalue weighted by Crippen LogP contribution is 2.18. The smallest absolute Gasteiger partial charge is 0.308 e. The highest BCUT2D eigenvalue weighted by Gasteiger charge is 2.33. The van der Waals surface area contributed by atoms with E-state index in [1.54, 1.807) is 4.90 Å². The van der Waals surface area contributed by atoms with Gasteiger partial charge in [-0.05, 0) is 24.1 Å². The molecular formula is C13H14ClNO3. The van der Waals surface area contributed by atoms with Gasteiger partial charge in [0.15, 0.2) is 0 Å². The van der Waals surface area contributed by atoms with Gasteiger partial charge in [0.05, 0.1) is 5.92 Å². The second-order valence-corrected chi connectivity index (χ2v) is 4.89. The summed E-state index contributed by atoms with van der Waals surface area (Å²) in [6.07, 6.45) is 0.838. The minimum atomic E-state index is -0.891. The zero-order valence-electron chi connectivity index (χ0n) is 9.80. The molecule has 0 aliphatic carbocycles. The predicted molar refractivity (Wildman–Crippen MR) is 67.5 cm³/mol. The minimum absolute atomic E-state index is 0.0728. The summed E-state index contributed by atoms with van der Waals surface area (Å²) in [5.41, 5.74) is 1.09. The minimum Gasteiger partial charge on any atom is -0.481 e. The van der Waals surface area contributed by atoms with Crippen LogP contribution in [0.1, 0.15) is 12.0 Å². The maximum Gasteiger partial charge on any atom is 0.308 e. The molecule has 1 unspecified atom stereocenters. The van der Waals surface area contributed by atoms with Gasteiger partial charge in [-0.15, -0.1) is 0 Å². The van der Waals surface area contributed by atoms with Crippen molar-refractivity contribution in [3.63, 3.8) is 0 Å². The highest BCUT2D eigenvalue weighted by molar-refractivity contribution is 6.30. The first-order chi connectivity index (χ1) is 8.56. The van der Waals surface area contributed by atoms with Crippen LogP contribution in [0.25, 0.3) is 0 Å². The van der Waals surface area contributed by atoms with Crippen molar-refractivity contribution >= 4 is 23.5 Å². The van der Waals surface area contributed by atoms with Gasteiger partial charge in [0.25, 0.3) is 0 Å². The van der Waals surface area contributed by atoms with E-state index in [0.717, 1.165) is 12.0 Å². The summed E-state index contributed by atoms with van der Waals surface area (Å²) in [5, 5.41) is 9.55. The summed E-state index contributed by atoms with van der Waals surface area (Å²) in [6.45, 7) is 0.881. The number of carboxylic acids is 1. The van der Waals surface area contributed by atoms with E-state index in [0.29, 0.717) is 18.1 Å². The van der Waals surface area contributed by atoms with Gasteiger partial charge in [0, 0.05) is 24.5 Å². The van der Waals surface area contributed by atoms with Crippen LogP contribution in [0.4, 0.5) is 0 Å². The predicted octanol–water partition coefficient (Wildman–Crippen LogP) is 1.82. The Kier molecular flexibility index (Phi) is 3.87. The number of nitrogens with zero attached hydrogens (tertiary/aromatic N) is 1. The normalized spacial score (nSPS) is 19.3. The zero-order chi connectivity index (χ0) is 13.1. The van der Waals surface area contributed by atoms with Gasteiger partial charge in [-0.3, -0.25) is 9.59 Å². The molecule has 1 aromatic carbocycles. The Labute approximate surface area is 110 Å². The molecule has 1 atom stereocenters. The fourth-order valence-electron chi connectivity index (χ4n) is 2.07. The van der Waals surface area contributed by atoms with Crippen LogP contribution >= 0.6 is 11.6 Å². The Morgan fingerprint density at radius 2 is 2.06 bits per heavy atom. The first kappa shape index (κ1) is 12.9. The largest absolute Gasteiger partial charge is 0.481 e. The van der Waals surface area contributed by atoms with Crippen LogP contribution in [0.2, 0.25) is 5.02 Å². The summed E-state index contributed by atoms with van der Waals surface area (Å²) in [4.78, 5) is 24.0. The number of aliphatic carboxylic acids is 1. The Hall–Kier alpha value is -1.55. The Morgan fingerprint density at radius 1 is 1.39 bits per heavy atom. The second-order valence-electron chi connectivity index (χ2n) is 4.46. The third-order valence-corrected chi connectivity index (χ3v) is 3.40. The van der Waals surface area contributed by atoms with Gasteiger partial charge < -0.3 is 10.0 Å². The number of carboxylic acid groups (broad SMARTS) is 1. The van der Waals surface area contributed by atoms with Crippen molar-refractivity contribution in [1.29, 1.82) is 0 Å². The molecule has 0 bridgehead atoms. The number of likely N-dealkylation sites (tertiary alicyclic amines) is 1. The molecule has 1 N–H and O–H groups in total. The molecule has 0 spiro atoms. The number of rotatable bonds is 4. The van der Waals surface area contributed by atoms with Crippen molar-refractivity contribution in [3.8, 4) is 0 Å². The van der Waals surface area contributed by atoms with E-state index in [1.807, 2.05) is 24.3 Å². The molecule has 1 aromatic rings. The standard InChI is InChI=1S/C13H14ClNO3/c14-11-3-1-9(2-4-11)5-6-15-8-10(13(17)18)7-12(15)16/h1-4,10H,5-8H2,(H,17,18). The van der Waals surface area contributed by atoms with Crippen LogP contribution in [0, 0.1) is 5.92 Å². The third kappa shape index (κ3) is 3.01. The van der Waals surface area contributed by atoms with Crippen LogP contribution in [0.5, 0.6) is 0 Å². The molecule has 5 heteroatoms. The van der Waals surface area contributed by atoms with E-state index in [-0.39, 0.29) is 12.3 Å². The van der Waals surface area contributed by atoms with E-state index < -0.39 is 11.9 Å². The molecule has 1 heterocycles. The first-order valence-electron chi connectivity index (χ1n) is 5.81. The molecule has 96 valence electrons. The lowest BCUT2D eigenvalue weighted by Crippen LogP contribution is -2.28. The highest BCUT2D eigenvalue weighted by atomic mass is 35.5. The lowest BCUT2D eigenvalue weighted by molar-refractivity contribution is -0.141. The maximum atomic E-state index is 11.6. The SMILES string of the molecule is O=C(O)C1CC(=O)N(CCc2ccc(Cl)cc2)C1. The number of halogens is 1. The van der Waals surface area contributed by atoms with Crippen molar-refractivity contribution in [3.05, 3.63) is 34.9 Å². The van der Waals surface area contributed by atoms with Gasteiger partial charge >= 0.3 is 5.97 Å². The summed E-state index contributed by atoms with van der Waals surface area (Å²) < 4.78 is 0. The van der Waals surface area contributed by atoms with Gasteiger partial charge in [-0.1, -0.05) is 23.7 Å². The van der Waals surface area contributed by atoms with E-state index in [2.05, 4.69) is 0 Å². The quantitative estimate of drug-likeness (QED) is 0.905. The number of hydrogen-bond donors (Lipinski definition) is 1. The summed E-state index contributed by atoms with van der Waals surface area (Å²) in [5.74, 6) is -1.52. The molecule has 18 heavy (non-hydrogen) atoms. The van der Waals surface area contributed by atoms with Crippen LogP contribution in [-0.4, -0.2) is 35.0 Å². The van der Waals surface area contributed by atoms with E-state index in [1.165, 1.54) is 0 Å². The van der Waals surface area contributed by atoms with E-state index >= 15 is 0 Å². The van der Waals surface area contributed by atoms with Crippen molar-refractivity contribution < 1.29 is 14.7 Å². The maximum absolute atomic E-state index is 11.6. The fourth-order valence-corrected chi connectivity index (χ4v) is 2.19. The molecule has 1 aliphatic heterocycles. The van der Waals surface area contributed by atoms with Crippen LogP contribution in [0.15, 0.2) is 24.3 Å². The molecule has 1 aliphatic rings. The molecule has 1 saturated heterocycles. The van der Waals surface area contributed by atoms with Gasteiger partial charge in [-0.2, -0.15) is 0 Å². The average molecular weight is 268 g/mol. The average Bonchev–Trinajstić information content (AvgIpc) is 2.70. The molecule has 0 aromatic heterocycles. The molecule has 0 radical (unpaired) electrons. The monoisotopic (exact) mass is 267 g/mol. The Balaban J connectivity index is 1.89. The Morgan fingerprint density at radius 3 is 2.61 bits per heavy atom. The van der Waals surface area contributed by atoms with E-state index in [9.17, 15) is 9.59 Å². The van der Waals surface area contributed by atoms with Gasteiger partial charge in [0.1, 0.15) is 0 Å². The molecule has 4 nitrogen and oxygen atoms in total. The summed E-state index contributed by atoms with van der Waals surface area (Å²) in [6, 6.07) is 7.45. The third-order valence-electron chi connectivity index (χ3n) is 3.15. The summed E-state index contributed by atoms with van der Waals surface area (Å²) >= 11 is 5.79. The zero-order valence-corrected chi connectivity index (χ0v) is 10.6. The van der Waals surface area contributed by atoms with Crippen molar-refractivity contribution in [2.45, 2.75) is 12.8 Å². The molecular weight excluding hydrogens is 254 g/mol. The van der Waals surface area contributed by atoms with Crippen LogP contribution in [-0.2, 0) is 16.0 Å². The number of amides is 1. The lowest BCUT2D eigenvalue weighted by atomic mass is 10.1. The van der Waals surface area contributed by atoms with Crippen molar-refractivity contribution in [2.75, 3.05) is 13.1 Å². The molecule has 1 fully saturated rings. The van der Waals surface area contributed by atoms with Crippen molar-refractivity contribution in [1.82, 2.24) is 4.90 Å². The molecule has 1 amide bonds. The number of hydrogen-bond acceptors (Lipinski definition) is 2. The Bertz CT molecular complexity index is 458. The number of benzene rings is 1. The first-order valence-corrected chi connectivity index (χ1v) is 6.19. The summed E-state index contributed by atoms with van der Waals surface area (Å²) in [7, 11) is 0.